The minimum Gasteiger partial charge on any atom is -0.328 e. The van der Waals surface area contributed by atoms with Crippen molar-refractivity contribution in [3.8, 4) is 0 Å². The molecule has 1 heteroatoms. The Morgan fingerprint density at radius 1 is 1.17 bits per heavy atom. The van der Waals surface area contributed by atoms with Crippen LogP contribution in [0.4, 0.5) is 0 Å². The van der Waals surface area contributed by atoms with Gasteiger partial charge < -0.3 is 5.73 Å². The molecule has 0 fully saturated rings. The van der Waals surface area contributed by atoms with Crippen LogP contribution in [-0.4, -0.2) is 6.04 Å². The fraction of sp³-hybridized carbons (Fsp3) is 1.00. The molecule has 0 radical (unpaired) electrons. The first-order valence-corrected chi connectivity index (χ1v) is 5.13. The molecule has 2 N–H and O–H groups in total. The molecule has 0 aliphatic carbocycles. The first kappa shape index (κ1) is 12.0. The SMILES string of the molecule is CCC(C)CC(C)(C)CC(C)N. The molecule has 2 atom stereocenters. The highest BCUT2D eigenvalue weighted by Crippen LogP contribution is 2.31. The van der Waals surface area contributed by atoms with Crippen LogP contribution in [0, 0.1) is 11.3 Å². The predicted octanol–water partition coefficient (Wildman–Crippen LogP) is 3.19. The van der Waals surface area contributed by atoms with Crippen LogP contribution in [0.15, 0.2) is 0 Å². The van der Waals surface area contributed by atoms with Crippen molar-refractivity contribution in [1.82, 2.24) is 0 Å². The standard InChI is InChI=1S/C11H25N/c1-6-9(2)7-11(4,5)8-10(3)12/h9-10H,6-8,12H2,1-5H3. The third-order valence-electron chi connectivity index (χ3n) is 2.47. The molecule has 12 heavy (non-hydrogen) atoms. The summed E-state index contributed by atoms with van der Waals surface area (Å²) in [6.45, 7) is 11.3. The molecule has 1 nitrogen and oxygen atoms in total. The number of hydrogen-bond acceptors (Lipinski definition) is 1. The molecule has 0 aromatic carbocycles. The van der Waals surface area contributed by atoms with Crippen LogP contribution in [0.2, 0.25) is 0 Å². The van der Waals surface area contributed by atoms with Crippen molar-refractivity contribution in [2.75, 3.05) is 0 Å². The second kappa shape index (κ2) is 4.86. The molecule has 0 heterocycles. The Balaban J connectivity index is 3.85. The number of nitrogens with two attached hydrogens (primary N) is 1. The van der Waals surface area contributed by atoms with Crippen LogP contribution in [0.25, 0.3) is 0 Å². The lowest BCUT2D eigenvalue weighted by Gasteiger charge is -2.29. The average Bonchev–Trinajstić information content (AvgIpc) is 1.83. The van der Waals surface area contributed by atoms with Crippen molar-refractivity contribution >= 4 is 0 Å². The van der Waals surface area contributed by atoms with Crippen molar-refractivity contribution in [2.24, 2.45) is 17.1 Å². The Kier molecular flexibility index (Phi) is 4.84. The summed E-state index contributed by atoms with van der Waals surface area (Å²) in [5, 5.41) is 0. The molecule has 0 saturated heterocycles. The van der Waals surface area contributed by atoms with E-state index in [0.29, 0.717) is 11.5 Å². The minimum atomic E-state index is 0.337. The monoisotopic (exact) mass is 171 g/mol. The second-order valence-electron chi connectivity index (χ2n) is 5.06. The van der Waals surface area contributed by atoms with E-state index in [-0.39, 0.29) is 0 Å². The van der Waals surface area contributed by atoms with Crippen molar-refractivity contribution in [3.63, 3.8) is 0 Å². The maximum Gasteiger partial charge on any atom is 0.00155 e. The highest BCUT2D eigenvalue weighted by atomic mass is 14.6. The molecule has 0 bridgehead atoms. The van der Waals surface area contributed by atoms with Gasteiger partial charge in [-0.2, -0.15) is 0 Å². The largest absolute Gasteiger partial charge is 0.328 e. The lowest BCUT2D eigenvalue weighted by molar-refractivity contribution is 0.239. The van der Waals surface area contributed by atoms with E-state index in [1.165, 1.54) is 12.8 Å². The van der Waals surface area contributed by atoms with E-state index >= 15 is 0 Å². The first-order chi connectivity index (χ1) is 5.37. The van der Waals surface area contributed by atoms with Gasteiger partial charge in [0, 0.05) is 6.04 Å². The zero-order valence-corrected chi connectivity index (χ0v) is 9.35. The molecule has 74 valence electrons. The molecule has 2 unspecified atom stereocenters. The zero-order valence-electron chi connectivity index (χ0n) is 9.35. The van der Waals surface area contributed by atoms with Gasteiger partial charge in [0.15, 0.2) is 0 Å². The minimum absolute atomic E-state index is 0.337. The molecule has 0 spiro atoms. The Bertz CT molecular complexity index is 116. The number of hydrogen-bond donors (Lipinski definition) is 1. The maximum absolute atomic E-state index is 5.80. The normalized spacial score (nSPS) is 17.5. The summed E-state index contributed by atoms with van der Waals surface area (Å²) >= 11 is 0. The molecular formula is C11H25N. The van der Waals surface area contributed by atoms with E-state index < -0.39 is 0 Å². The molecule has 0 saturated carbocycles. The van der Waals surface area contributed by atoms with Crippen molar-refractivity contribution < 1.29 is 0 Å². The topological polar surface area (TPSA) is 26.0 Å². The Labute approximate surface area is 77.7 Å². The Morgan fingerprint density at radius 3 is 2.00 bits per heavy atom. The highest BCUT2D eigenvalue weighted by Gasteiger charge is 2.21. The first-order valence-electron chi connectivity index (χ1n) is 5.13. The van der Waals surface area contributed by atoms with Crippen LogP contribution >= 0.6 is 0 Å². The predicted molar refractivity (Wildman–Crippen MR) is 56.1 cm³/mol. The summed E-state index contributed by atoms with van der Waals surface area (Å²) < 4.78 is 0. The van der Waals surface area contributed by atoms with Gasteiger partial charge in [0.05, 0.1) is 0 Å². The van der Waals surface area contributed by atoms with Gasteiger partial charge in [-0.25, -0.2) is 0 Å². The lowest BCUT2D eigenvalue weighted by atomic mass is 9.78. The van der Waals surface area contributed by atoms with E-state index in [2.05, 4.69) is 34.6 Å². The highest BCUT2D eigenvalue weighted by molar-refractivity contribution is 4.75. The van der Waals surface area contributed by atoms with Crippen molar-refractivity contribution in [3.05, 3.63) is 0 Å². The summed E-state index contributed by atoms with van der Waals surface area (Å²) in [4.78, 5) is 0. The summed E-state index contributed by atoms with van der Waals surface area (Å²) in [5.74, 6) is 0.832. The van der Waals surface area contributed by atoms with Crippen molar-refractivity contribution in [1.29, 1.82) is 0 Å². The Hall–Kier alpha value is -0.0400. The third kappa shape index (κ3) is 5.59. The van der Waals surface area contributed by atoms with Crippen LogP contribution in [0.5, 0.6) is 0 Å². The van der Waals surface area contributed by atoms with E-state index in [1.54, 1.807) is 0 Å². The fourth-order valence-electron chi connectivity index (χ4n) is 2.04. The van der Waals surface area contributed by atoms with Gasteiger partial charge >= 0.3 is 0 Å². The van der Waals surface area contributed by atoms with Crippen LogP contribution in [0.1, 0.15) is 53.9 Å². The number of rotatable bonds is 5. The molecule has 0 aromatic rings. The van der Waals surface area contributed by atoms with Gasteiger partial charge in [-0.05, 0) is 31.1 Å². The quantitative estimate of drug-likeness (QED) is 0.675. The lowest BCUT2D eigenvalue weighted by Crippen LogP contribution is -2.26. The van der Waals surface area contributed by atoms with E-state index in [9.17, 15) is 0 Å². The van der Waals surface area contributed by atoms with Gasteiger partial charge in [0.2, 0.25) is 0 Å². The Morgan fingerprint density at radius 2 is 1.67 bits per heavy atom. The van der Waals surface area contributed by atoms with Gasteiger partial charge in [-0.15, -0.1) is 0 Å². The average molecular weight is 171 g/mol. The van der Waals surface area contributed by atoms with E-state index in [4.69, 9.17) is 5.73 Å². The molecule has 0 aromatic heterocycles. The molecule has 0 rings (SSSR count). The smallest absolute Gasteiger partial charge is 0.00155 e. The summed E-state index contributed by atoms with van der Waals surface area (Å²) in [7, 11) is 0. The van der Waals surface area contributed by atoms with E-state index in [1.807, 2.05) is 0 Å². The van der Waals surface area contributed by atoms with Gasteiger partial charge in [-0.3, -0.25) is 0 Å². The molecule has 0 aliphatic rings. The summed E-state index contributed by atoms with van der Waals surface area (Å²) in [5.41, 5.74) is 6.22. The fourth-order valence-corrected chi connectivity index (χ4v) is 2.04. The van der Waals surface area contributed by atoms with Crippen LogP contribution < -0.4 is 5.73 Å². The van der Waals surface area contributed by atoms with E-state index in [0.717, 1.165) is 12.3 Å². The van der Waals surface area contributed by atoms with Crippen LogP contribution in [-0.2, 0) is 0 Å². The molecule has 0 aliphatic heterocycles. The second-order valence-corrected chi connectivity index (χ2v) is 5.06. The van der Waals surface area contributed by atoms with Gasteiger partial charge in [0.25, 0.3) is 0 Å². The van der Waals surface area contributed by atoms with Crippen LogP contribution in [0.3, 0.4) is 0 Å². The van der Waals surface area contributed by atoms with Gasteiger partial charge in [0.1, 0.15) is 0 Å². The summed E-state index contributed by atoms with van der Waals surface area (Å²) in [6, 6.07) is 0.337. The molecule has 0 amide bonds. The maximum atomic E-state index is 5.80. The third-order valence-corrected chi connectivity index (χ3v) is 2.47. The summed E-state index contributed by atoms with van der Waals surface area (Å²) in [6.07, 6.45) is 3.71. The van der Waals surface area contributed by atoms with Crippen molar-refractivity contribution in [2.45, 2.75) is 59.9 Å². The van der Waals surface area contributed by atoms with Gasteiger partial charge in [-0.1, -0.05) is 34.1 Å². The zero-order chi connectivity index (χ0) is 9.78. The molecular weight excluding hydrogens is 146 g/mol.